The average molecular weight is 277 g/mol. The molecule has 1 atom stereocenters. The lowest BCUT2D eigenvalue weighted by atomic mass is 10.2. The van der Waals surface area contributed by atoms with Crippen molar-refractivity contribution >= 4 is 11.8 Å². The van der Waals surface area contributed by atoms with Gasteiger partial charge < -0.3 is 15.2 Å². The molecule has 20 heavy (non-hydrogen) atoms. The van der Waals surface area contributed by atoms with Gasteiger partial charge in [-0.2, -0.15) is 0 Å². The molecule has 6 heteroatoms. The lowest BCUT2D eigenvalue weighted by molar-refractivity contribution is -0.129. The highest BCUT2D eigenvalue weighted by atomic mass is 16.2. The van der Waals surface area contributed by atoms with Crippen molar-refractivity contribution in [3.05, 3.63) is 33.7 Å². The van der Waals surface area contributed by atoms with Crippen molar-refractivity contribution in [3.8, 4) is 0 Å². The highest BCUT2D eigenvalue weighted by molar-refractivity contribution is 5.95. The maximum Gasteiger partial charge on any atom is 0.251 e. The molecular weight excluding hydrogens is 258 g/mol. The number of carbonyl (C=O) groups excluding carboxylic acids is 2. The summed E-state index contributed by atoms with van der Waals surface area (Å²) in [6.07, 6.45) is 0.312. The van der Waals surface area contributed by atoms with Crippen LogP contribution in [0.5, 0.6) is 0 Å². The first kappa shape index (κ1) is 14.3. The van der Waals surface area contributed by atoms with Gasteiger partial charge >= 0.3 is 0 Å². The Balaban J connectivity index is 2.06. The minimum Gasteiger partial charge on any atom is -0.347 e. The number of aromatic amines is 1. The Kier molecular flexibility index (Phi) is 3.92. The molecule has 2 rings (SSSR count). The number of hydrogen-bond donors (Lipinski definition) is 2. The van der Waals surface area contributed by atoms with E-state index in [1.165, 1.54) is 6.07 Å². The molecule has 1 aromatic heterocycles. The largest absolute Gasteiger partial charge is 0.347 e. The lowest BCUT2D eigenvalue weighted by Gasteiger charge is -2.21. The Labute approximate surface area is 117 Å². The summed E-state index contributed by atoms with van der Waals surface area (Å²) >= 11 is 0. The molecule has 0 aliphatic carbocycles. The van der Waals surface area contributed by atoms with Crippen molar-refractivity contribution in [1.82, 2.24) is 15.2 Å². The Morgan fingerprint density at radius 2 is 2.10 bits per heavy atom. The van der Waals surface area contributed by atoms with Crippen LogP contribution in [0.2, 0.25) is 0 Å². The standard InChI is InChI=1S/C14H19N3O3/c1-8(2)17-7-11(6-13(17)19)16-14(20)10-4-9(3)15-12(18)5-10/h4-5,8,11H,6-7H2,1-3H3,(H,15,18)(H,16,20)/t11-/m1/s1. The number of likely N-dealkylation sites (tertiary alicyclic amines) is 1. The van der Waals surface area contributed by atoms with Crippen LogP contribution in [-0.4, -0.2) is 40.3 Å². The molecule has 1 aliphatic heterocycles. The molecule has 0 saturated carbocycles. The molecule has 0 aromatic carbocycles. The van der Waals surface area contributed by atoms with Gasteiger partial charge in [0.25, 0.3) is 5.91 Å². The molecule has 2 N–H and O–H groups in total. The topological polar surface area (TPSA) is 82.3 Å². The normalized spacial score (nSPS) is 18.7. The predicted octanol–water partition coefficient (Wildman–Crippen LogP) is 0.422. The highest BCUT2D eigenvalue weighted by Gasteiger charge is 2.32. The first-order chi connectivity index (χ1) is 9.36. The van der Waals surface area contributed by atoms with Crippen LogP contribution in [0, 0.1) is 6.92 Å². The number of H-pyrrole nitrogens is 1. The fraction of sp³-hybridized carbons (Fsp3) is 0.500. The molecule has 2 heterocycles. The molecular formula is C14H19N3O3. The van der Waals surface area contributed by atoms with Crippen LogP contribution < -0.4 is 10.9 Å². The molecule has 0 unspecified atom stereocenters. The molecule has 1 fully saturated rings. The molecule has 6 nitrogen and oxygen atoms in total. The Hall–Kier alpha value is -2.11. The zero-order chi connectivity index (χ0) is 14.9. The zero-order valence-electron chi connectivity index (χ0n) is 11.9. The van der Waals surface area contributed by atoms with E-state index < -0.39 is 0 Å². The SMILES string of the molecule is Cc1cc(C(=O)N[C@@H]2CC(=O)N(C(C)C)C2)cc(=O)[nH]1. The van der Waals surface area contributed by atoms with Gasteiger partial charge in [0.1, 0.15) is 0 Å². The minimum absolute atomic E-state index is 0.0485. The summed E-state index contributed by atoms with van der Waals surface area (Å²) in [6.45, 7) is 6.13. The smallest absolute Gasteiger partial charge is 0.251 e. The van der Waals surface area contributed by atoms with Gasteiger partial charge in [-0.05, 0) is 26.8 Å². The third-order valence-electron chi connectivity index (χ3n) is 3.36. The van der Waals surface area contributed by atoms with Crippen LogP contribution >= 0.6 is 0 Å². The van der Waals surface area contributed by atoms with E-state index in [0.717, 1.165) is 0 Å². The fourth-order valence-corrected chi connectivity index (χ4v) is 2.41. The van der Waals surface area contributed by atoms with Gasteiger partial charge in [0, 0.05) is 36.3 Å². The van der Waals surface area contributed by atoms with Crippen LogP contribution in [0.3, 0.4) is 0 Å². The number of nitrogens with zero attached hydrogens (tertiary/aromatic N) is 1. The van der Waals surface area contributed by atoms with Crippen molar-refractivity contribution in [2.45, 2.75) is 39.3 Å². The predicted molar refractivity (Wildman–Crippen MR) is 74.5 cm³/mol. The van der Waals surface area contributed by atoms with E-state index in [1.807, 2.05) is 13.8 Å². The summed E-state index contributed by atoms with van der Waals surface area (Å²) in [6, 6.07) is 2.82. The van der Waals surface area contributed by atoms with E-state index in [2.05, 4.69) is 10.3 Å². The molecule has 108 valence electrons. The summed E-state index contributed by atoms with van der Waals surface area (Å²) < 4.78 is 0. The molecule has 0 bridgehead atoms. The first-order valence-electron chi connectivity index (χ1n) is 6.68. The van der Waals surface area contributed by atoms with Gasteiger partial charge in [-0.3, -0.25) is 14.4 Å². The van der Waals surface area contributed by atoms with Crippen molar-refractivity contribution in [2.75, 3.05) is 6.54 Å². The van der Waals surface area contributed by atoms with Crippen molar-refractivity contribution in [3.63, 3.8) is 0 Å². The number of rotatable bonds is 3. The quantitative estimate of drug-likeness (QED) is 0.840. The number of aromatic nitrogens is 1. The second-order valence-corrected chi connectivity index (χ2v) is 5.43. The number of carbonyl (C=O) groups is 2. The third-order valence-corrected chi connectivity index (χ3v) is 3.36. The maximum absolute atomic E-state index is 12.1. The van der Waals surface area contributed by atoms with Crippen LogP contribution in [0.15, 0.2) is 16.9 Å². The van der Waals surface area contributed by atoms with E-state index in [1.54, 1.807) is 17.9 Å². The van der Waals surface area contributed by atoms with E-state index in [-0.39, 0.29) is 29.5 Å². The number of hydrogen-bond acceptors (Lipinski definition) is 3. The number of pyridine rings is 1. The Morgan fingerprint density at radius 3 is 2.65 bits per heavy atom. The molecule has 1 aromatic rings. The summed E-state index contributed by atoms with van der Waals surface area (Å²) in [5, 5.41) is 2.81. The molecule has 0 radical (unpaired) electrons. The molecule has 2 amide bonds. The van der Waals surface area contributed by atoms with Gasteiger partial charge in [0.05, 0.1) is 6.04 Å². The van der Waals surface area contributed by atoms with Crippen molar-refractivity contribution in [1.29, 1.82) is 0 Å². The summed E-state index contributed by atoms with van der Waals surface area (Å²) in [7, 11) is 0. The highest BCUT2D eigenvalue weighted by Crippen LogP contribution is 2.14. The maximum atomic E-state index is 12.1. The monoisotopic (exact) mass is 277 g/mol. The van der Waals surface area contributed by atoms with E-state index in [4.69, 9.17) is 0 Å². The Morgan fingerprint density at radius 1 is 1.40 bits per heavy atom. The first-order valence-corrected chi connectivity index (χ1v) is 6.68. The summed E-state index contributed by atoms with van der Waals surface area (Å²) in [5.41, 5.74) is 0.650. The van der Waals surface area contributed by atoms with Gasteiger partial charge in [0.2, 0.25) is 11.5 Å². The second kappa shape index (κ2) is 5.48. The van der Waals surface area contributed by atoms with Gasteiger partial charge in [-0.1, -0.05) is 0 Å². The molecule has 1 saturated heterocycles. The van der Waals surface area contributed by atoms with Crippen molar-refractivity contribution < 1.29 is 9.59 Å². The van der Waals surface area contributed by atoms with E-state index >= 15 is 0 Å². The summed E-state index contributed by atoms with van der Waals surface area (Å²) in [4.78, 5) is 39.5. The van der Waals surface area contributed by atoms with Gasteiger partial charge in [-0.15, -0.1) is 0 Å². The molecule has 1 aliphatic rings. The van der Waals surface area contributed by atoms with E-state index in [0.29, 0.717) is 24.2 Å². The third kappa shape index (κ3) is 3.07. The summed E-state index contributed by atoms with van der Waals surface area (Å²) in [5.74, 6) is -0.269. The lowest BCUT2D eigenvalue weighted by Crippen LogP contribution is -2.39. The van der Waals surface area contributed by atoms with Crippen LogP contribution in [-0.2, 0) is 4.79 Å². The van der Waals surface area contributed by atoms with Gasteiger partial charge in [-0.25, -0.2) is 0 Å². The average Bonchev–Trinajstić information content (AvgIpc) is 2.69. The molecule has 0 spiro atoms. The van der Waals surface area contributed by atoms with Gasteiger partial charge in [0.15, 0.2) is 0 Å². The minimum atomic E-state index is -0.317. The van der Waals surface area contributed by atoms with Crippen LogP contribution in [0.4, 0.5) is 0 Å². The van der Waals surface area contributed by atoms with Crippen LogP contribution in [0.25, 0.3) is 0 Å². The zero-order valence-corrected chi connectivity index (χ0v) is 11.9. The Bertz CT molecular complexity index is 592. The number of amides is 2. The van der Waals surface area contributed by atoms with E-state index in [9.17, 15) is 14.4 Å². The second-order valence-electron chi connectivity index (χ2n) is 5.43. The fourth-order valence-electron chi connectivity index (χ4n) is 2.41. The number of nitrogens with one attached hydrogen (secondary N) is 2. The van der Waals surface area contributed by atoms with Crippen LogP contribution in [0.1, 0.15) is 36.3 Å². The van der Waals surface area contributed by atoms with Crippen molar-refractivity contribution in [2.24, 2.45) is 0 Å². The number of aryl methyl sites for hydroxylation is 1.